The number of anilines is 1. The van der Waals surface area contributed by atoms with Gasteiger partial charge in [0.1, 0.15) is 11.5 Å². The highest BCUT2D eigenvalue weighted by Crippen LogP contribution is 2.49. The van der Waals surface area contributed by atoms with Crippen LogP contribution in [0, 0.1) is 5.92 Å². The molecule has 0 saturated heterocycles. The van der Waals surface area contributed by atoms with Crippen molar-refractivity contribution in [1.29, 1.82) is 0 Å². The van der Waals surface area contributed by atoms with E-state index in [0.29, 0.717) is 12.0 Å². The lowest BCUT2D eigenvalue weighted by Crippen LogP contribution is -2.21. The van der Waals surface area contributed by atoms with E-state index in [0.717, 1.165) is 32.1 Å². The van der Waals surface area contributed by atoms with Crippen LogP contribution in [0.5, 0.6) is 5.75 Å². The molecule has 2 aliphatic rings. The van der Waals surface area contributed by atoms with Gasteiger partial charge in [-0.3, -0.25) is 9.52 Å². The average molecular weight is 562 g/mol. The molecule has 2 aromatic carbocycles. The van der Waals surface area contributed by atoms with Crippen LogP contribution in [0.1, 0.15) is 71.7 Å². The van der Waals surface area contributed by atoms with Crippen LogP contribution in [-0.4, -0.2) is 19.3 Å². The highest BCUT2D eigenvalue weighted by atomic mass is 35.5. The number of carbonyl (C=O) groups excluding carboxylic acids is 1. The predicted octanol–water partition coefficient (Wildman–Crippen LogP) is 6.29. The molecule has 1 unspecified atom stereocenters. The van der Waals surface area contributed by atoms with Gasteiger partial charge in [-0.1, -0.05) is 41.8 Å². The summed E-state index contributed by atoms with van der Waals surface area (Å²) in [5.74, 6) is -0.785. The summed E-state index contributed by atoms with van der Waals surface area (Å²) in [6, 6.07) is 10.7. The minimum Gasteiger partial charge on any atom is -0.506 e. The van der Waals surface area contributed by atoms with Crippen LogP contribution >= 0.6 is 23.2 Å². The molecular formula is C27H25Cl2NO6S. The fraction of sp³-hybridized carbons (Fsp3) is 0.333. The normalized spacial score (nSPS) is 17.0. The van der Waals surface area contributed by atoms with E-state index in [1.54, 1.807) is 24.3 Å². The van der Waals surface area contributed by atoms with Gasteiger partial charge in [0, 0.05) is 24.4 Å². The monoisotopic (exact) mass is 561 g/mol. The van der Waals surface area contributed by atoms with Gasteiger partial charge in [0.2, 0.25) is 0 Å². The number of ketones is 1. The lowest BCUT2D eigenvalue weighted by Gasteiger charge is -2.21. The van der Waals surface area contributed by atoms with Crippen LogP contribution in [0.15, 0.2) is 56.6 Å². The molecule has 0 aliphatic heterocycles. The van der Waals surface area contributed by atoms with Gasteiger partial charge in [0.25, 0.3) is 10.0 Å². The Balaban J connectivity index is 1.54. The highest BCUT2D eigenvalue weighted by molar-refractivity contribution is 7.92. The summed E-state index contributed by atoms with van der Waals surface area (Å²) in [5, 5.41) is 11.6. The quantitative estimate of drug-likeness (QED) is 0.365. The molecule has 3 aromatic rings. The number of fused-ring (bicyclic) bond motifs is 1. The maximum absolute atomic E-state index is 13.1. The minimum absolute atomic E-state index is 0.0514. The second-order valence-electron chi connectivity index (χ2n) is 9.56. The van der Waals surface area contributed by atoms with Gasteiger partial charge in [-0.2, -0.15) is 0 Å². The van der Waals surface area contributed by atoms with Gasteiger partial charge in [-0.15, -0.1) is 0 Å². The Labute approximate surface area is 224 Å². The molecule has 2 N–H and O–H groups in total. The van der Waals surface area contributed by atoms with E-state index >= 15 is 0 Å². The third-order valence-corrected chi connectivity index (χ3v) is 9.01. The number of sulfonamides is 1. The van der Waals surface area contributed by atoms with E-state index in [2.05, 4.69) is 4.72 Å². The summed E-state index contributed by atoms with van der Waals surface area (Å²) in [5.41, 5.74) is 0.414. The third-order valence-electron chi connectivity index (χ3n) is 6.90. The predicted molar refractivity (Wildman–Crippen MR) is 141 cm³/mol. The van der Waals surface area contributed by atoms with E-state index < -0.39 is 21.6 Å². The van der Waals surface area contributed by atoms with Crippen molar-refractivity contribution in [3.8, 4) is 5.75 Å². The van der Waals surface area contributed by atoms with Gasteiger partial charge in [0.05, 0.1) is 26.1 Å². The van der Waals surface area contributed by atoms with Gasteiger partial charge in [0.15, 0.2) is 5.78 Å². The summed E-state index contributed by atoms with van der Waals surface area (Å²) >= 11 is 11.9. The molecular weight excluding hydrogens is 537 g/mol. The molecule has 37 heavy (non-hydrogen) atoms. The second kappa shape index (κ2) is 10.2. The Kier molecular flexibility index (Phi) is 7.09. The summed E-state index contributed by atoms with van der Waals surface area (Å²) in [6.45, 7) is 0. The average Bonchev–Trinajstić information content (AvgIpc) is 3.66. The molecule has 0 spiro atoms. The maximum atomic E-state index is 13.1. The smallest absolute Gasteiger partial charge is 0.343 e. The molecule has 1 fully saturated rings. The van der Waals surface area contributed by atoms with Crippen molar-refractivity contribution in [2.75, 3.05) is 4.72 Å². The Hall–Kier alpha value is -2.81. The maximum Gasteiger partial charge on any atom is 0.343 e. The standard InChI is InChI=1S/C27H25Cl2NO6S/c28-19-12-11-18(14-20(19)29)37(34,35)30-17-6-4-5-16(13-17)23(15-9-10-15)25-26(32)24-21(31)7-2-1-3-8-22(24)36-27(25)33/h4-6,11-15,23,30,32H,1-3,7-10H2. The highest BCUT2D eigenvalue weighted by Gasteiger charge is 2.39. The Bertz CT molecular complexity index is 1540. The summed E-state index contributed by atoms with van der Waals surface area (Å²) in [6.07, 6.45) is 4.71. The first kappa shape index (κ1) is 25.8. The van der Waals surface area contributed by atoms with Gasteiger partial charge >= 0.3 is 5.63 Å². The molecule has 10 heteroatoms. The number of benzene rings is 2. The molecule has 0 amide bonds. The van der Waals surface area contributed by atoms with Crippen molar-refractivity contribution in [2.45, 2.75) is 55.8 Å². The first-order valence-electron chi connectivity index (χ1n) is 12.2. The lowest BCUT2D eigenvalue weighted by molar-refractivity contribution is 0.0968. The van der Waals surface area contributed by atoms with Crippen LogP contribution in [-0.2, 0) is 16.4 Å². The first-order chi connectivity index (χ1) is 17.7. The number of nitrogens with one attached hydrogen (secondary N) is 1. The SMILES string of the molecule is O=C1CCCCCc2oc(=O)c(C(c3cccc(NS(=O)(=O)c4ccc(Cl)c(Cl)c4)c3)C3CC3)c(O)c21. The first-order valence-corrected chi connectivity index (χ1v) is 14.4. The molecule has 1 atom stereocenters. The second-order valence-corrected chi connectivity index (χ2v) is 12.1. The molecule has 1 heterocycles. The van der Waals surface area contributed by atoms with Gasteiger partial charge in [-0.05, 0) is 67.5 Å². The van der Waals surface area contributed by atoms with Crippen LogP contribution in [0.4, 0.5) is 5.69 Å². The zero-order chi connectivity index (χ0) is 26.3. The van der Waals surface area contributed by atoms with Crippen molar-refractivity contribution in [2.24, 2.45) is 5.92 Å². The van der Waals surface area contributed by atoms with Crippen LogP contribution in [0.25, 0.3) is 0 Å². The van der Waals surface area contributed by atoms with Crippen molar-refractivity contribution in [3.63, 3.8) is 0 Å². The van der Waals surface area contributed by atoms with Gasteiger partial charge in [-0.25, -0.2) is 13.2 Å². The van der Waals surface area contributed by atoms with E-state index in [-0.39, 0.29) is 61.4 Å². The zero-order valence-electron chi connectivity index (χ0n) is 19.8. The number of Topliss-reactive ketones (excluding diaryl/α,β-unsaturated/α-hetero) is 1. The summed E-state index contributed by atoms with van der Waals surface area (Å²) in [7, 11) is -3.97. The fourth-order valence-electron chi connectivity index (χ4n) is 4.95. The zero-order valence-corrected chi connectivity index (χ0v) is 22.1. The van der Waals surface area contributed by atoms with Crippen LogP contribution in [0.3, 0.4) is 0 Å². The van der Waals surface area contributed by atoms with Crippen LogP contribution in [0.2, 0.25) is 10.0 Å². The number of aromatic hydroxyl groups is 1. The Morgan fingerprint density at radius 2 is 1.73 bits per heavy atom. The third kappa shape index (κ3) is 5.28. The van der Waals surface area contributed by atoms with Crippen molar-refractivity contribution in [3.05, 3.63) is 85.4 Å². The molecule has 0 bridgehead atoms. The number of halogens is 2. The van der Waals surface area contributed by atoms with Crippen molar-refractivity contribution in [1.82, 2.24) is 0 Å². The topological polar surface area (TPSA) is 114 Å². The lowest BCUT2D eigenvalue weighted by atomic mass is 9.85. The van der Waals surface area contributed by atoms with E-state index in [9.17, 15) is 23.1 Å². The Morgan fingerprint density at radius 3 is 2.46 bits per heavy atom. The number of carbonyl (C=O) groups is 1. The number of aryl methyl sites for hydroxylation is 1. The van der Waals surface area contributed by atoms with E-state index in [1.807, 2.05) is 0 Å². The fourth-order valence-corrected chi connectivity index (χ4v) is 6.39. The van der Waals surface area contributed by atoms with Crippen LogP contribution < -0.4 is 10.3 Å². The number of hydrogen-bond acceptors (Lipinski definition) is 6. The van der Waals surface area contributed by atoms with E-state index in [4.69, 9.17) is 27.6 Å². The molecule has 2 aliphatic carbocycles. The van der Waals surface area contributed by atoms with E-state index in [1.165, 1.54) is 18.2 Å². The molecule has 5 rings (SSSR count). The minimum atomic E-state index is -3.97. The molecule has 194 valence electrons. The molecule has 1 saturated carbocycles. The number of rotatable bonds is 6. The largest absolute Gasteiger partial charge is 0.506 e. The molecule has 1 aromatic heterocycles. The van der Waals surface area contributed by atoms with Crippen molar-refractivity contribution >= 4 is 44.7 Å². The summed E-state index contributed by atoms with van der Waals surface area (Å²) in [4.78, 5) is 26.0. The summed E-state index contributed by atoms with van der Waals surface area (Å²) < 4.78 is 34.1. The number of hydrogen-bond donors (Lipinski definition) is 2. The van der Waals surface area contributed by atoms with Crippen molar-refractivity contribution < 1.29 is 22.7 Å². The molecule has 0 radical (unpaired) electrons. The van der Waals surface area contributed by atoms with Gasteiger partial charge < -0.3 is 9.52 Å². The Morgan fingerprint density at radius 1 is 0.973 bits per heavy atom. The molecule has 7 nitrogen and oxygen atoms in total.